The molecule has 1 atom stereocenters. The Morgan fingerprint density at radius 1 is 1.53 bits per heavy atom. The van der Waals surface area contributed by atoms with Gasteiger partial charge in [0.1, 0.15) is 12.1 Å². The molecule has 1 N–H and O–H groups in total. The Labute approximate surface area is 103 Å². The first kappa shape index (κ1) is 12.3. The van der Waals surface area contributed by atoms with Crippen LogP contribution in [-0.4, -0.2) is 35.6 Å². The summed E-state index contributed by atoms with van der Waals surface area (Å²) < 4.78 is 0. The Kier molecular flexibility index (Phi) is 4.31. The molecule has 0 saturated carbocycles. The summed E-state index contributed by atoms with van der Waals surface area (Å²) >= 11 is 0. The van der Waals surface area contributed by atoms with E-state index in [9.17, 15) is 0 Å². The van der Waals surface area contributed by atoms with Crippen LogP contribution < -0.4 is 10.2 Å². The molecule has 94 valence electrons. The molecule has 1 saturated heterocycles. The van der Waals surface area contributed by atoms with Crippen molar-refractivity contribution in [3.8, 4) is 0 Å². The van der Waals surface area contributed by atoms with E-state index < -0.39 is 0 Å². The normalized spacial score (nSPS) is 20.9. The van der Waals surface area contributed by atoms with Gasteiger partial charge in [-0.05, 0) is 31.4 Å². The third-order valence-electron chi connectivity index (χ3n) is 3.22. The van der Waals surface area contributed by atoms with E-state index in [1.807, 2.05) is 12.3 Å². The maximum Gasteiger partial charge on any atom is 0.131 e. The third kappa shape index (κ3) is 3.66. The summed E-state index contributed by atoms with van der Waals surface area (Å²) in [7, 11) is 0. The van der Waals surface area contributed by atoms with Crippen LogP contribution in [-0.2, 0) is 0 Å². The largest absolute Gasteiger partial charge is 0.356 e. The van der Waals surface area contributed by atoms with Crippen molar-refractivity contribution in [1.29, 1.82) is 0 Å². The summed E-state index contributed by atoms with van der Waals surface area (Å²) in [6.07, 6.45) is 6.03. The quantitative estimate of drug-likeness (QED) is 0.861. The van der Waals surface area contributed by atoms with Crippen molar-refractivity contribution in [2.24, 2.45) is 5.92 Å². The van der Waals surface area contributed by atoms with Crippen LogP contribution in [0.2, 0.25) is 0 Å². The summed E-state index contributed by atoms with van der Waals surface area (Å²) in [6.45, 7) is 7.74. The number of rotatable bonds is 4. The minimum absolute atomic E-state index is 0.574. The molecular weight excluding hydrogens is 212 g/mol. The van der Waals surface area contributed by atoms with Gasteiger partial charge in [-0.3, -0.25) is 0 Å². The fourth-order valence-electron chi connectivity index (χ4n) is 2.31. The average molecular weight is 234 g/mol. The zero-order chi connectivity index (χ0) is 12.1. The van der Waals surface area contributed by atoms with Crippen LogP contribution in [0.15, 0.2) is 18.6 Å². The van der Waals surface area contributed by atoms with Crippen molar-refractivity contribution < 1.29 is 0 Å². The van der Waals surface area contributed by atoms with Crippen LogP contribution in [0.5, 0.6) is 0 Å². The first-order valence-corrected chi connectivity index (χ1v) is 6.50. The molecule has 1 aliphatic heterocycles. The van der Waals surface area contributed by atoms with Gasteiger partial charge in [0.2, 0.25) is 0 Å². The van der Waals surface area contributed by atoms with Crippen LogP contribution in [0.25, 0.3) is 0 Å². The van der Waals surface area contributed by atoms with E-state index in [4.69, 9.17) is 0 Å². The molecule has 17 heavy (non-hydrogen) atoms. The van der Waals surface area contributed by atoms with E-state index in [0.717, 1.165) is 31.4 Å². The van der Waals surface area contributed by atoms with Crippen LogP contribution in [0.4, 0.5) is 5.82 Å². The lowest BCUT2D eigenvalue weighted by Crippen LogP contribution is -2.41. The predicted octanol–water partition coefficient (Wildman–Crippen LogP) is 1.69. The zero-order valence-electron chi connectivity index (χ0n) is 10.8. The highest BCUT2D eigenvalue weighted by molar-refractivity contribution is 5.36. The van der Waals surface area contributed by atoms with Gasteiger partial charge in [0.25, 0.3) is 0 Å². The highest BCUT2D eigenvalue weighted by atomic mass is 15.2. The molecule has 1 unspecified atom stereocenters. The molecule has 0 bridgehead atoms. The van der Waals surface area contributed by atoms with Gasteiger partial charge < -0.3 is 10.2 Å². The van der Waals surface area contributed by atoms with Gasteiger partial charge in [-0.15, -0.1) is 0 Å². The Bertz CT molecular complexity index is 325. The molecule has 1 aromatic heterocycles. The van der Waals surface area contributed by atoms with E-state index in [1.54, 1.807) is 6.33 Å². The molecule has 4 heteroatoms. The second-order valence-electron chi connectivity index (χ2n) is 5.08. The van der Waals surface area contributed by atoms with Crippen molar-refractivity contribution in [3.63, 3.8) is 0 Å². The molecule has 0 spiro atoms. The second kappa shape index (κ2) is 5.96. The average Bonchev–Trinajstić information content (AvgIpc) is 2.38. The van der Waals surface area contributed by atoms with E-state index in [2.05, 4.69) is 34.0 Å². The zero-order valence-corrected chi connectivity index (χ0v) is 10.8. The molecule has 0 aliphatic carbocycles. The monoisotopic (exact) mass is 234 g/mol. The lowest BCUT2D eigenvalue weighted by atomic mass is 9.98. The molecule has 4 nitrogen and oxygen atoms in total. The fraction of sp³-hybridized carbons (Fsp3) is 0.692. The molecule has 1 aliphatic rings. The smallest absolute Gasteiger partial charge is 0.131 e. The minimum Gasteiger partial charge on any atom is -0.356 e. The summed E-state index contributed by atoms with van der Waals surface area (Å²) in [5.41, 5.74) is 0. The SMILES string of the molecule is CC(C)NCC1CCCN(c2ccncn2)C1. The van der Waals surface area contributed by atoms with E-state index in [-0.39, 0.29) is 0 Å². The number of hydrogen-bond acceptors (Lipinski definition) is 4. The van der Waals surface area contributed by atoms with Crippen LogP contribution in [0.1, 0.15) is 26.7 Å². The highest BCUT2D eigenvalue weighted by Crippen LogP contribution is 2.20. The van der Waals surface area contributed by atoms with Crippen LogP contribution in [0.3, 0.4) is 0 Å². The Balaban J connectivity index is 1.89. The number of piperidine rings is 1. The molecule has 2 rings (SSSR count). The van der Waals surface area contributed by atoms with E-state index in [1.165, 1.54) is 12.8 Å². The number of nitrogens with one attached hydrogen (secondary N) is 1. The Hall–Kier alpha value is -1.16. The standard InChI is InChI=1S/C13H22N4/c1-11(2)15-8-12-4-3-7-17(9-12)13-5-6-14-10-16-13/h5-6,10-12,15H,3-4,7-9H2,1-2H3. The summed E-state index contributed by atoms with van der Waals surface area (Å²) in [5.74, 6) is 1.80. The number of hydrogen-bond donors (Lipinski definition) is 1. The minimum atomic E-state index is 0.574. The predicted molar refractivity (Wildman–Crippen MR) is 70.1 cm³/mol. The molecule has 1 fully saturated rings. The van der Waals surface area contributed by atoms with Gasteiger partial charge in [0, 0.05) is 25.3 Å². The molecule has 0 amide bonds. The number of anilines is 1. The molecule has 0 radical (unpaired) electrons. The maximum absolute atomic E-state index is 4.33. The van der Waals surface area contributed by atoms with Gasteiger partial charge in [-0.2, -0.15) is 0 Å². The molecular formula is C13H22N4. The van der Waals surface area contributed by atoms with Crippen molar-refractivity contribution in [2.75, 3.05) is 24.5 Å². The van der Waals surface area contributed by atoms with Gasteiger partial charge in [-0.25, -0.2) is 9.97 Å². The molecule has 1 aromatic rings. The topological polar surface area (TPSA) is 41.0 Å². The number of nitrogens with zero attached hydrogens (tertiary/aromatic N) is 3. The van der Waals surface area contributed by atoms with Gasteiger partial charge in [0.05, 0.1) is 0 Å². The fourth-order valence-corrected chi connectivity index (χ4v) is 2.31. The van der Waals surface area contributed by atoms with E-state index in [0.29, 0.717) is 6.04 Å². The first-order chi connectivity index (χ1) is 8.25. The summed E-state index contributed by atoms with van der Waals surface area (Å²) in [4.78, 5) is 10.7. The van der Waals surface area contributed by atoms with Gasteiger partial charge in [0.15, 0.2) is 0 Å². The first-order valence-electron chi connectivity index (χ1n) is 6.50. The maximum atomic E-state index is 4.33. The lowest BCUT2D eigenvalue weighted by molar-refractivity contribution is 0.378. The Morgan fingerprint density at radius 2 is 2.41 bits per heavy atom. The van der Waals surface area contributed by atoms with Crippen molar-refractivity contribution >= 4 is 5.82 Å². The summed E-state index contributed by atoms with van der Waals surface area (Å²) in [5, 5.41) is 3.53. The van der Waals surface area contributed by atoms with Crippen molar-refractivity contribution in [1.82, 2.24) is 15.3 Å². The van der Waals surface area contributed by atoms with Gasteiger partial charge >= 0.3 is 0 Å². The van der Waals surface area contributed by atoms with E-state index >= 15 is 0 Å². The van der Waals surface area contributed by atoms with Crippen LogP contribution in [0, 0.1) is 5.92 Å². The van der Waals surface area contributed by atoms with Crippen molar-refractivity contribution in [2.45, 2.75) is 32.7 Å². The summed E-state index contributed by atoms with van der Waals surface area (Å²) in [6, 6.07) is 2.57. The Morgan fingerprint density at radius 3 is 3.12 bits per heavy atom. The molecule has 2 heterocycles. The van der Waals surface area contributed by atoms with Gasteiger partial charge in [-0.1, -0.05) is 13.8 Å². The third-order valence-corrected chi connectivity index (χ3v) is 3.22. The second-order valence-corrected chi connectivity index (χ2v) is 5.08. The number of aromatic nitrogens is 2. The lowest BCUT2D eigenvalue weighted by Gasteiger charge is -2.34. The van der Waals surface area contributed by atoms with Crippen molar-refractivity contribution in [3.05, 3.63) is 18.6 Å². The highest BCUT2D eigenvalue weighted by Gasteiger charge is 2.20. The molecule has 0 aromatic carbocycles. The van der Waals surface area contributed by atoms with Crippen LogP contribution >= 0.6 is 0 Å².